The maximum Gasteiger partial charge on any atom is 0.229 e. The molecule has 6 nitrogen and oxygen atoms in total. The highest BCUT2D eigenvalue weighted by Gasteiger charge is 2.28. The van der Waals surface area contributed by atoms with Crippen LogP contribution in [-0.4, -0.2) is 40.6 Å². The average molecular weight is 335 g/mol. The molecule has 7 heteroatoms. The lowest BCUT2D eigenvalue weighted by Gasteiger charge is -2.36. The number of aromatic nitrogens is 2. The summed E-state index contributed by atoms with van der Waals surface area (Å²) < 4.78 is 4.94. The number of rotatable bonds is 4. The largest absolute Gasteiger partial charge is 0.344 e. The van der Waals surface area contributed by atoms with Gasteiger partial charge in [0.15, 0.2) is 0 Å². The molecular formula is C16H19ClN4O2. The van der Waals surface area contributed by atoms with E-state index in [1.165, 1.54) is 0 Å². The van der Waals surface area contributed by atoms with Crippen LogP contribution in [0.3, 0.4) is 0 Å². The SMILES string of the molecule is Cc1noc(Cl)c1CCC(=O)N1CCNCC1c1cccnc1. The summed E-state index contributed by atoms with van der Waals surface area (Å²) in [4.78, 5) is 18.8. The van der Waals surface area contributed by atoms with Crippen molar-refractivity contribution in [1.82, 2.24) is 20.4 Å². The first kappa shape index (κ1) is 16.0. The van der Waals surface area contributed by atoms with Crippen LogP contribution in [0.25, 0.3) is 0 Å². The van der Waals surface area contributed by atoms with Crippen molar-refractivity contribution in [3.05, 3.63) is 46.6 Å². The molecule has 2 aromatic heterocycles. The zero-order valence-corrected chi connectivity index (χ0v) is 13.7. The van der Waals surface area contributed by atoms with Crippen LogP contribution in [0, 0.1) is 6.92 Å². The molecule has 1 saturated heterocycles. The molecule has 1 aliphatic heterocycles. The second kappa shape index (κ2) is 7.10. The van der Waals surface area contributed by atoms with E-state index in [0.29, 0.717) is 19.4 Å². The Labute approximate surface area is 139 Å². The fourth-order valence-electron chi connectivity index (χ4n) is 2.89. The van der Waals surface area contributed by atoms with E-state index in [1.807, 2.05) is 30.2 Å². The fourth-order valence-corrected chi connectivity index (χ4v) is 3.16. The van der Waals surface area contributed by atoms with Gasteiger partial charge in [0.25, 0.3) is 0 Å². The normalized spacial score (nSPS) is 18.2. The second-order valence-electron chi connectivity index (χ2n) is 5.61. The van der Waals surface area contributed by atoms with Gasteiger partial charge in [0.1, 0.15) is 0 Å². The Morgan fingerprint density at radius 3 is 3.13 bits per heavy atom. The average Bonchev–Trinajstić information content (AvgIpc) is 2.92. The van der Waals surface area contributed by atoms with E-state index in [1.54, 1.807) is 6.20 Å². The monoisotopic (exact) mass is 334 g/mol. The van der Waals surface area contributed by atoms with Crippen molar-refractivity contribution in [2.75, 3.05) is 19.6 Å². The van der Waals surface area contributed by atoms with Gasteiger partial charge in [-0.2, -0.15) is 0 Å². The molecule has 1 unspecified atom stereocenters. The van der Waals surface area contributed by atoms with E-state index in [2.05, 4.69) is 15.5 Å². The van der Waals surface area contributed by atoms with Crippen molar-refractivity contribution in [3.63, 3.8) is 0 Å². The Morgan fingerprint density at radius 2 is 2.43 bits per heavy atom. The van der Waals surface area contributed by atoms with Crippen LogP contribution in [0.4, 0.5) is 0 Å². The quantitative estimate of drug-likeness (QED) is 0.927. The van der Waals surface area contributed by atoms with Gasteiger partial charge in [0, 0.05) is 44.0 Å². The van der Waals surface area contributed by atoms with E-state index >= 15 is 0 Å². The number of aryl methyl sites for hydroxylation is 1. The van der Waals surface area contributed by atoms with Gasteiger partial charge in [-0.15, -0.1) is 0 Å². The number of halogens is 1. The second-order valence-corrected chi connectivity index (χ2v) is 5.96. The van der Waals surface area contributed by atoms with E-state index in [-0.39, 0.29) is 17.2 Å². The highest BCUT2D eigenvalue weighted by Crippen LogP contribution is 2.24. The van der Waals surface area contributed by atoms with Gasteiger partial charge in [-0.1, -0.05) is 11.2 Å². The predicted octanol–water partition coefficient (Wildman–Crippen LogP) is 2.14. The molecule has 122 valence electrons. The number of carbonyl (C=O) groups is 1. The highest BCUT2D eigenvalue weighted by molar-refractivity contribution is 6.29. The van der Waals surface area contributed by atoms with Crippen molar-refractivity contribution in [1.29, 1.82) is 0 Å². The molecule has 1 fully saturated rings. The molecule has 0 saturated carbocycles. The summed E-state index contributed by atoms with van der Waals surface area (Å²) in [5, 5.41) is 7.43. The maximum atomic E-state index is 12.7. The van der Waals surface area contributed by atoms with Crippen LogP contribution in [0.5, 0.6) is 0 Å². The Hall–Kier alpha value is -1.92. The Kier molecular flexibility index (Phi) is 4.93. The van der Waals surface area contributed by atoms with Crippen molar-refractivity contribution < 1.29 is 9.32 Å². The summed E-state index contributed by atoms with van der Waals surface area (Å²) in [7, 11) is 0. The molecule has 0 radical (unpaired) electrons. The lowest BCUT2D eigenvalue weighted by molar-refractivity contribution is -0.134. The Balaban J connectivity index is 1.69. The van der Waals surface area contributed by atoms with E-state index in [0.717, 1.165) is 29.9 Å². The number of piperazine rings is 1. The van der Waals surface area contributed by atoms with Gasteiger partial charge in [-0.05, 0) is 36.6 Å². The Morgan fingerprint density at radius 1 is 1.57 bits per heavy atom. The smallest absolute Gasteiger partial charge is 0.229 e. The standard InChI is InChI=1S/C16H19ClN4O2/c1-11-13(16(17)23-20-11)4-5-15(22)21-8-7-19-10-14(21)12-3-2-6-18-9-12/h2-3,6,9,14,19H,4-5,7-8,10H2,1H3. The van der Waals surface area contributed by atoms with Crippen molar-refractivity contribution in [2.45, 2.75) is 25.8 Å². The zero-order valence-electron chi connectivity index (χ0n) is 13.0. The van der Waals surface area contributed by atoms with Crippen molar-refractivity contribution in [2.24, 2.45) is 0 Å². The fraction of sp³-hybridized carbons (Fsp3) is 0.438. The van der Waals surface area contributed by atoms with Crippen LogP contribution in [0.2, 0.25) is 5.22 Å². The molecule has 3 heterocycles. The van der Waals surface area contributed by atoms with Crippen LogP contribution < -0.4 is 5.32 Å². The zero-order chi connectivity index (χ0) is 16.2. The summed E-state index contributed by atoms with van der Waals surface area (Å²) in [5.74, 6) is 0.108. The number of nitrogens with zero attached hydrogens (tertiary/aromatic N) is 3. The minimum Gasteiger partial charge on any atom is -0.344 e. The maximum absolute atomic E-state index is 12.7. The lowest BCUT2D eigenvalue weighted by atomic mass is 10.0. The molecular weight excluding hydrogens is 316 g/mol. The van der Waals surface area contributed by atoms with Gasteiger partial charge in [0.05, 0.1) is 11.7 Å². The van der Waals surface area contributed by atoms with Gasteiger partial charge in [-0.25, -0.2) is 0 Å². The topological polar surface area (TPSA) is 71.3 Å². The van der Waals surface area contributed by atoms with E-state index in [4.69, 9.17) is 16.1 Å². The molecule has 1 atom stereocenters. The van der Waals surface area contributed by atoms with Gasteiger partial charge < -0.3 is 14.7 Å². The van der Waals surface area contributed by atoms with Crippen molar-refractivity contribution >= 4 is 17.5 Å². The number of pyridine rings is 1. The predicted molar refractivity (Wildman–Crippen MR) is 86.1 cm³/mol. The summed E-state index contributed by atoms with van der Waals surface area (Å²) in [5.41, 5.74) is 2.60. The lowest BCUT2D eigenvalue weighted by Crippen LogP contribution is -2.48. The molecule has 0 aromatic carbocycles. The number of carbonyl (C=O) groups excluding carboxylic acids is 1. The first-order valence-electron chi connectivity index (χ1n) is 7.67. The third-order valence-corrected chi connectivity index (χ3v) is 4.46. The van der Waals surface area contributed by atoms with Crippen molar-refractivity contribution in [3.8, 4) is 0 Å². The molecule has 0 bridgehead atoms. The minimum absolute atomic E-state index is 0.0176. The van der Waals surface area contributed by atoms with Gasteiger partial charge >= 0.3 is 0 Å². The Bertz CT molecular complexity index is 654. The number of hydrogen-bond donors (Lipinski definition) is 1. The molecule has 2 aromatic rings. The molecule has 3 rings (SSSR count). The van der Waals surface area contributed by atoms with Crippen LogP contribution in [0.1, 0.15) is 29.3 Å². The molecule has 1 N–H and O–H groups in total. The first-order valence-corrected chi connectivity index (χ1v) is 8.05. The number of nitrogens with one attached hydrogen (secondary N) is 1. The third kappa shape index (κ3) is 3.54. The molecule has 0 spiro atoms. The summed E-state index contributed by atoms with van der Waals surface area (Å²) >= 11 is 5.97. The van der Waals surface area contributed by atoms with Crippen LogP contribution in [0.15, 0.2) is 29.0 Å². The third-order valence-electron chi connectivity index (χ3n) is 4.16. The van der Waals surface area contributed by atoms with E-state index in [9.17, 15) is 4.79 Å². The van der Waals surface area contributed by atoms with Gasteiger partial charge in [0.2, 0.25) is 11.1 Å². The molecule has 1 aliphatic rings. The van der Waals surface area contributed by atoms with Gasteiger partial charge in [-0.3, -0.25) is 9.78 Å². The molecule has 1 amide bonds. The first-order chi connectivity index (χ1) is 11.2. The summed E-state index contributed by atoms with van der Waals surface area (Å²) in [6.07, 6.45) is 4.48. The highest BCUT2D eigenvalue weighted by atomic mass is 35.5. The summed E-state index contributed by atoms with van der Waals surface area (Å²) in [6, 6.07) is 3.92. The van der Waals surface area contributed by atoms with E-state index < -0.39 is 0 Å². The minimum atomic E-state index is 0.0176. The molecule has 23 heavy (non-hydrogen) atoms. The van der Waals surface area contributed by atoms with Crippen LogP contribution >= 0.6 is 11.6 Å². The molecule has 0 aliphatic carbocycles. The number of hydrogen-bond acceptors (Lipinski definition) is 5. The van der Waals surface area contributed by atoms with Crippen LogP contribution in [-0.2, 0) is 11.2 Å². The number of amides is 1. The summed E-state index contributed by atoms with van der Waals surface area (Å²) in [6.45, 7) is 4.06.